The van der Waals surface area contributed by atoms with Crippen LogP contribution in [0.25, 0.3) is 27.7 Å². The third kappa shape index (κ3) is 2.63. The highest BCUT2D eigenvalue weighted by Gasteiger charge is 2.32. The third-order valence-corrected chi connectivity index (χ3v) is 5.32. The molecule has 0 unspecified atom stereocenters. The van der Waals surface area contributed by atoms with Crippen molar-refractivity contribution in [1.82, 2.24) is 4.40 Å². The largest absolute Gasteiger partial charge is 0.497 e. The van der Waals surface area contributed by atoms with Gasteiger partial charge in [0.25, 0.3) is 0 Å². The van der Waals surface area contributed by atoms with Crippen LogP contribution in [-0.2, 0) is 15.9 Å². The number of pyridine rings is 1. The molecule has 0 fully saturated rings. The first-order valence-corrected chi connectivity index (χ1v) is 9.29. The number of carbonyl (C=O) groups is 2. The zero-order valence-corrected chi connectivity index (χ0v) is 16.7. The van der Waals surface area contributed by atoms with Crippen LogP contribution in [0.3, 0.4) is 0 Å². The minimum absolute atomic E-state index is 0.220. The smallest absolute Gasteiger partial charge is 0.340 e. The number of esters is 2. The van der Waals surface area contributed by atoms with Gasteiger partial charge in [-0.2, -0.15) is 0 Å². The van der Waals surface area contributed by atoms with E-state index in [1.54, 1.807) is 7.11 Å². The van der Waals surface area contributed by atoms with E-state index < -0.39 is 11.9 Å². The minimum Gasteiger partial charge on any atom is -0.497 e. The minimum atomic E-state index is -0.571. The van der Waals surface area contributed by atoms with Gasteiger partial charge in [-0.3, -0.25) is 0 Å². The van der Waals surface area contributed by atoms with E-state index in [1.165, 1.54) is 14.2 Å². The molecule has 4 aromatic rings. The Balaban J connectivity index is 2.20. The molecular formula is C23H21NO5. The topological polar surface area (TPSA) is 66.2 Å². The second kappa shape index (κ2) is 7.13. The average Bonchev–Trinajstić information content (AvgIpc) is 3.28. The van der Waals surface area contributed by atoms with E-state index in [1.807, 2.05) is 46.9 Å². The summed E-state index contributed by atoms with van der Waals surface area (Å²) >= 11 is 0. The van der Waals surface area contributed by atoms with Gasteiger partial charge < -0.3 is 18.6 Å². The highest BCUT2D eigenvalue weighted by atomic mass is 16.5. The van der Waals surface area contributed by atoms with Crippen molar-refractivity contribution in [3.63, 3.8) is 0 Å². The van der Waals surface area contributed by atoms with E-state index in [-0.39, 0.29) is 11.1 Å². The number of hydrogen-bond donors (Lipinski definition) is 0. The number of ether oxygens (including phenoxy) is 3. The summed E-state index contributed by atoms with van der Waals surface area (Å²) in [5.74, 6) is -0.398. The Kier molecular flexibility index (Phi) is 4.62. The molecule has 0 aliphatic carbocycles. The van der Waals surface area contributed by atoms with Crippen molar-refractivity contribution in [2.75, 3.05) is 21.3 Å². The predicted molar refractivity (Wildman–Crippen MR) is 110 cm³/mol. The lowest BCUT2D eigenvalue weighted by atomic mass is 9.97. The predicted octanol–water partition coefficient (Wildman–Crippen LogP) is 4.34. The lowest BCUT2D eigenvalue weighted by Crippen LogP contribution is -2.10. The summed E-state index contributed by atoms with van der Waals surface area (Å²) in [5, 5.41) is 0. The maximum absolute atomic E-state index is 12.8. The Labute approximate surface area is 167 Å². The Bertz CT molecular complexity index is 1220. The summed E-state index contributed by atoms with van der Waals surface area (Å²) in [5.41, 5.74) is 5.60. The van der Waals surface area contributed by atoms with Crippen LogP contribution in [0.15, 0.2) is 42.5 Å². The van der Waals surface area contributed by atoms with Crippen LogP contribution in [0.2, 0.25) is 0 Å². The third-order valence-electron chi connectivity index (χ3n) is 5.32. The van der Waals surface area contributed by atoms with Gasteiger partial charge in [-0.25, -0.2) is 9.59 Å². The first-order valence-electron chi connectivity index (χ1n) is 9.29. The lowest BCUT2D eigenvalue weighted by molar-refractivity contribution is 0.0559. The maximum atomic E-state index is 12.8. The molecule has 6 nitrogen and oxygen atoms in total. The monoisotopic (exact) mass is 391 g/mol. The van der Waals surface area contributed by atoms with Crippen molar-refractivity contribution in [2.24, 2.45) is 0 Å². The number of carbonyl (C=O) groups excluding carboxylic acids is 2. The molecule has 3 heterocycles. The molecule has 0 bridgehead atoms. The molecule has 0 radical (unpaired) electrons. The summed E-state index contributed by atoms with van der Waals surface area (Å²) in [6, 6.07) is 13.4. The van der Waals surface area contributed by atoms with Crippen LogP contribution in [0.5, 0.6) is 5.75 Å². The quantitative estimate of drug-likeness (QED) is 0.474. The fraction of sp³-hybridized carbons (Fsp3) is 0.217. The van der Waals surface area contributed by atoms with Gasteiger partial charge in [0.2, 0.25) is 0 Å². The molecule has 29 heavy (non-hydrogen) atoms. The van der Waals surface area contributed by atoms with Gasteiger partial charge in [0.05, 0.1) is 37.9 Å². The zero-order valence-electron chi connectivity index (χ0n) is 16.7. The van der Waals surface area contributed by atoms with E-state index in [2.05, 4.69) is 6.92 Å². The van der Waals surface area contributed by atoms with Crippen molar-refractivity contribution in [3.05, 3.63) is 59.2 Å². The van der Waals surface area contributed by atoms with E-state index >= 15 is 0 Å². The summed E-state index contributed by atoms with van der Waals surface area (Å²) in [6.07, 6.45) is 0.760. The number of methoxy groups -OCH3 is 3. The molecule has 4 rings (SSSR count). The normalized spacial score (nSPS) is 11.2. The van der Waals surface area contributed by atoms with Gasteiger partial charge in [0.15, 0.2) is 0 Å². The van der Waals surface area contributed by atoms with Gasteiger partial charge in [0, 0.05) is 5.56 Å². The Hall–Kier alpha value is -3.54. The molecule has 0 spiro atoms. The summed E-state index contributed by atoms with van der Waals surface area (Å²) in [4.78, 5) is 25.4. The van der Waals surface area contributed by atoms with Crippen molar-refractivity contribution in [1.29, 1.82) is 0 Å². The molecule has 0 amide bonds. The van der Waals surface area contributed by atoms with E-state index in [0.29, 0.717) is 11.0 Å². The van der Waals surface area contributed by atoms with Crippen molar-refractivity contribution >= 4 is 28.5 Å². The van der Waals surface area contributed by atoms with Crippen molar-refractivity contribution in [3.8, 4) is 16.9 Å². The summed E-state index contributed by atoms with van der Waals surface area (Å²) in [6.45, 7) is 2.07. The van der Waals surface area contributed by atoms with Gasteiger partial charge in [-0.05, 0) is 41.8 Å². The molecule has 3 aromatic heterocycles. The average molecular weight is 391 g/mol. The molecular weight excluding hydrogens is 370 g/mol. The lowest BCUT2D eigenvalue weighted by Gasteiger charge is -2.08. The zero-order chi connectivity index (χ0) is 20.7. The molecule has 1 aromatic carbocycles. The van der Waals surface area contributed by atoms with Gasteiger partial charge in [-0.15, -0.1) is 0 Å². The van der Waals surface area contributed by atoms with Crippen LogP contribution < -0.4 is 4.74 Å². The highest BCUT2D eigenvalue weighted by molar-refractivity contribution is 6.18. The Morgan fingerprint density at radius 1 is 0.862 bits per heavy atom. The van der Waals surface area contributed by atoms with Gasteiger partial charge >= 0.3 is 11.9 Å². The van der Waals surface area contributed by atoms with Crippen LogP contribution >= 0.6 is 0 Å². The van der Waals surface area contributed by atoms with Gasteiger partial charge in [0.1, 0.15) is 16.9 Å². The van der Waals surface area contributed by atoms with Crippen LogP contribution in [-0.4, -0.2) is 37.7 Å². The van der Waals surface area contributed by atoms with Crippen LogP contribution in [0.4, 0.5) is 0 Å². The van der Waals surface area contributed by atoms with E-state index in [4.69, 9.17) is 14.2 Å². The van der Waals surface area contributed by atoms with E-state index in [9.17, 15) is 9.59 Å². The first-order chi connectivity index (χ1) is 14.1. The highest BCUT2D eigenvalue weighted by Crippen LogP contribution is 2.42. The number of aryl methyl sites for hydroxylation is 1. The molecule has 0 aliphatic heterocycles. The molecule has 0 saturated carbocycles. The fourth-order valence-corrected chi connectivity index (χ4v) is 4.08. The van der Waals surface area contributed by atoms with E-state index in [0.717, 1.165) is 34.4 Å². The molecule has 0 N–H and O–H groups in total. The second-order valence-electron chi connectivity index (χ2n) is 6.65. The second-order valence-corrected chi connectivity index (χ2v) is 6.65. The fourth-order valence-electron chi connectivity index (χ4n) is 4.08. The standard InChI is InChI=1S/C23H21NO5/c1-5-15-16-7-6-8-17-19(22(25)28-3)20(23(26)29-4)21(24(16)17)18(15)13-9-11-14(27-2)12-10-13/h6-12H,5H2,1-4H3. The summed E-state index contributed by atoms with van der Waals surface area (Å²) < 4.78 is 17.3. The number of benzene rings is 1. The maximum Gasteiger partial charge on any atom is 0.340 e. The molecule has 0 saturated heterocycles. The van der Waals surface area contributed by atoms with Crippen molar-refractivity contribution in [2.45, 2.75) is 13.3 Å². The molecule has 6 heteroatoms. The van der Waals surface area contributed by atoms with Crippen LogP contribution in [0, 0.1) is 0 Å². The van der Waals surface area contributed by atoms with Gasteiger partial charge in [-0.1, -0.05) is 25.1 Å². The first kappa shape index (κ1) is 18.8. The molecule has 0 atom stereocenters. The molecule has 148 valence electrons. The number of aromatic nitrogens is 1. The van der Waals surface area contributed by atoms with Crippen molar-refractivity contribution < 1.29 is 23.8 Å². The molecule has 0 aliphatic rings. The Morgan fingerprint density at radius 2 is 1.48 bits per heavy atom. The SMILES string of the molecule is CCc1c(-c2ccc(OC)cc2)c2c(C(=O)OC)c(C(=O)OC)c3cccc1n32. The Morgan fingerprint density at radius 3 is 2.07 bits per heavy atom. The van der Waals surface area contributed by atoms with Crippen LogP contribution in [0.1, 0.15) is 33.2 Å². The number of rotatable bonds is 5. The number of hydrogen-bond acceptors (Lipinski definition) is 5. The number of nitrogens with zero attached hydrogens (tertiary/aromatic N) is 1. The summed E-state index contributed by atoms with van der Waals surface area (Å²) in [7, 11) is 4.23.